The fourth-order valence-electron chi connectivity index (χ4n) is 4.06. The van der Waals surface area contributed by atoms with Crippen LogP contribution >= 0.6 is 22.7 Å². The lowest BCUT2D eigenvalue weighted by Crippen LogP contribution is -2.42. The number of amides is 3. The molecule has 0 aliphatic carbocycles. The molecule has 35 heavy (non-hydrogen) atoms. The summed E-state index contributed by atoms with van der Waals surface area (Å²) in [5, 5.41) is 17.2. The van der Waals surface area contributed by atoms with Gasteiger partial charge in [0.1, 0.15) is 16.8 Å². The normalized spacial score (nSPS) is 12.6. The van der Waals surface area contributed by atoms with Crippen molar-refractivity contribution in [2.24, 2.45) is 0 Å². The molecule has 0 fully saturated rings. The number of carbonyl (C=O) groups excluding carboxylic acids is 2. The third-order valence-corrected chi connectivity index (χ3v) is 8.09. The van der Waals surface area contributed by atoms with Gasteiger partial charge in [-0.1, -0.05) is 12.1 Å². The van der Waals surface area contributed by atoms with E-state index >= 15 is 0 Å². The molecular weight excluding hydrogens is 482 g/mol. The van der Waals surface area contributed by atoms with Gasteiger partial charge in [0.2, 0.25) is 5.91 Å². The van der Waals surface area contributed by atoms with Crippen molar-refractivity contribution in [2.75, 3.05) is 19.0 Å². The standard InChI is InChI=1S/C25H27N5O3S2/c1-15-21(34-16(2)28-15)13-27-25(32)30-10-9-19-20(12-26)24(35-22(19)14-30)29-23(31)8-7-17-5-4-6-18(11-17)33-3/h4-6,11H,7-10,13-14H2,1-3H3,(H,27,32)(H,29,31). The van der Waals surface area contributed by atoms with Gasteiger partial charge in [0.15, 0.2) is 0 Å². The molecule has 3 heterocycles. The first kappa shape index (κ1) is 24.7. The summed E-state index contributed by atoms with van der Waals surface area (Å²) in [5.41, 5.74) is 3.39. The van der Waals surface area contributed by atoms with Gasteiger partial charge in [-0.05, 0) is 49.9 Å². The number of carbonyl (C=O) groups is 2. The van der Waals surface area contributed by atoms with Crippen molar-refractivity contribution in [1.29, 1.82) is 5.26 Å². The number of nitriles is 1. The van der Waals surface area contributed by atoms with Crippen LogP contribution < -0.4 is 15.4 Å². The maximum Gasteiger partial charge on any atom is 0.318 e. The van der Waals surface area contributed by atoms with E-state index in [9.17, 15) is 14.9 Å². The van der Waals surface area contributed by atoms with Gasteiger partial charge in [0.25, 0.3) is 0 Å². The number of anilines is 1. The van der Waals surface area contributed by atoms with Gasteiger partial charge in [0.05, 0.1) is 36.5 Å². The number of thiazole rings is 1. The van der Waals surface area contributed by atoms with Crippen LogP contribution in [0.4, 0.5) is 9.80 Å². The first-order valence-corrected chi connectivity index (χ1v) is 12.9. The number of ether oxygens (including phenoxy) is 1. The average Bonchev–Trinajstić information content (AvgIpc) is 3.37. The summed E-state index contributed by atoms with van der Waals surface area (Å²) in [6.45, 7) is 5.28. The van der Waals surface area contributed by atoms with E-state index in [2.05, 4.69) is 21.7 Å². The number of aryl methyl sites for hydroxylation is 3. The summed E-state index contributed by atoms with van der Waals surface area (Å²) in [7, 11) is 1.61. The number of benzene rings is 1. The average molecular weight is 510 g/mol. The first-order valence-electron chi connectivity index (χ1n) is 11.3. The second-order valence-electron chi connectivity index (χ2n) is 8.29. The van der Waals surface area contributed by atoms with Crippen LogP contribution in [0.2, 0.25) is 0 Å². The second kappa shape index (κ2) is 10.9. The maximum atomic E-state index is 12.8. The van der Waals surface area contributed by atoms with Crippen LogP contribution in [0.25, 0.3) is 0 Å². The van der Waals surface area contributed by atoms with Gasteiger partial charge in [-0.2, -0.15) is 5.26 Å². The van der Waals surface area contributed by atoms with Gasteiger partial charge in [-0.3, -0.25) is 4.79 Å². The van der Waals surface area contributed by atoms with Crippen molar-refractivity contribution in [3.8, 4) is 11.8 Å². The van der Waals surface area contributed by atoms with Crippen LogP contribution in [-0.2, 0) is 30.7 Å². The Labute approximate surface area is 212 Å². The summed E-state index contributed by atoms with van der Waals surface area (Å²) >= 11 is 2.96. The Bertz CT molecular complexity index is 1290. The Morgan fingerprint density at radius 1 is 1.29 bits per heavy atom. The van der Waals surface area contributed by atoms with Crippen molar-refractivity contribution in [3.05, 3.63) is 61.4 Å². The second-order valence-corrected chi connectivity index (χ2v) is 10.7. The van der Waals surface area contributed by atoms with Crippen LogP contribution in [0.1, 0.15) is 43.6 Å². The van der Waals surface area contributed by atoms with Crippen molar-refractivity contribution < 1.29 is 14.3 Å². The first-order chi connectivity index (χ1) is 16.9. The molecule has 0 atom stereocenters. The van der Waals surface area contributed by atoms with E-state index in [0.717, 1.165) is 37.3 Å². The molecule has 10 heteroatoms. The van der Waals surface area contributed by atoms with Gasteiger partial charge in [0, 0.05) is 22.7 Å². The highest BCUT2D eigenvalue weighted by molar-refractivity contribution is 7.16. The molecule has 182 valence electrons. The zero-order chi connectivity index (χ0) is 24.9. The predicted octanol–water partition coefficient (Wildman–Crippen LogP) is 4.54. The number of thiophene rings is 1. The van der Waals surface area contributed by atoms with E-state index in [0.29, 0.717) is 49.5 Å². The SMILES string of the molecule is COc1cccc(CCC(=O)Nc2sc3c(c2C#N)CCN(C(=O)NCc2sc(C)nc2C)C3)c1. The van der Waals surface area contributed by atoms with Gasteiger partial charge in [-0.25, -0.2) is 9.78 Å². The Morgan fingerprint density at radius 2 is 2.11 bits per heavy atom. The van der Waals surface area contributed by atoms with Crippen molar-refractivity contribution in [3.63, 3.8) is 0 Å². The minimum Gasteiger partial charge on any atom is -0.497 e. The lowest BCUT2D eigenvalue weighted by Gasteiger charge is -2.27. The number of hydrogen-bond acceptors (Lipinski definition) is 7. The summed E-state index contributed by atoms with van der Waals surface area (Å²) in [5.74, 6) is 0.610. The number of hydrogen-bond donors (Lipinski definition) is 2. The molecule has 1 aromatic carbocycles. The Balaban J connectivity index is 1.37. The summed E-state index contributed by atoms with van der Waals surface area (Å²) in [6.07, 6.45) is 1.45. The topological polar surface area (TPSA) is 107 Å². The zero-order valence-corrected chi connectivity index (χ0v) is 21.6. The molecule has 3 amide bonds. The van der Waals surface area contributed by atoms with Crippen LogP contribution in [0, 0.1) is 25.2 Å². The minimum absolute atomic E-state index is 0.142. The monoisotopic (exact) mass is 509 g/mol. The molecule has 1 aliphatic heterocycles. The van der Waals surface area contributed by atoms with Crippen LogP contribution in [0.5, 0.6) is 5.75 Å². The Kier molecular flexibility index (Phi) is 7.68. The number of fused-ring (bicyclic) bond motifs is 1. The third kappa shape index (κ3) is 5.81. The highest BCUT2D eigenvalue weighted by atomic mass is 32.1. The molecule has 2 N–H and O–H groups in total. The number of methoxy groups -OCH3 is 1. The number of rotatable bonds is 7. The van der Waals surface area contributed by atoms with Crippen LogP contribution in [-0.4, -0.2) is 35.5 Å². The molecule has 0 radical (unpaired) electrons. The Hall–Kier alpha value is -3.42. The van der Waals surface area contributed by atoms with E-state index in [1.807, 2.05) is 38.1 Å². The number of nitrogens with one attached hydrogen (secondary N) is 2. The maximum absolute atomic E-state index is 12.8. The summed E-state index contributed by atoms with van der Waals surface area (Å²) in [4.78, 5) is 33.5. The fraction of sp³-hybridized carbons (Fsp3) is 0.360. The highest BCUT2D eigenvalue weighted by Gasteiger charge is 2.27. The van der Waals surface area contributed by atoms with Gasteiger partial charge < -0.3 is 20.3 Å². The predicted molar refractivity (Wildman–Crippen MR) is 137 cm³/mol. The molecule has 0 unspecified atom stereocenters. The lowest BCUT2D eigenvalue weighted by atomic mass is 10.0. The van der Waals surface area contributed by atoms with E-state index in [-0.39, 0.29) is 11.9 Å². The van der Waals surface area contributed by atoms with E-state index in [1.54, 1.807) is 23.3 Å². The number of urea groups is 1. The van der Waals surface area contributed by atoms with Gasteiger partial charge >= 0.3 is 6.03 Å². The number of nitrogens with zero attached hydrogens (tertiary/aromatic N) is 3. The van der Waals surface area contributed by atoms with Gasteiger partial charge in [-0.15, -0.1) is 22.7 Å². The Morgan fingerprint density at radius 3 is 2.83 bits per heavy atom. The molecule has 4 rings (SSSR count). The molecule has 0 bridgehead atoms. The van der Waals surface area contributed by atoms with Crippen molar-refractivity contribution in [1.82, 2.24) is 15.2 Å². The van der Waals surface area contributed by atoms with E-state index in [1.165, 1.54) is 11.3 Å². The van der Waals surface area contributed by atoms with E-state index < -0.39 is 0 Å². The number of aromatic nitrogens is 1. The quantitative estimate of drug-likeness (QED) is 0.486. The largest absolute Gasteiger partial charge is 0.497 e. The van der Waals surface area contributed by atoms with Crippen molar-refractivity contribution >= 4 is 39.6 Å². The summed E-state index contributed by atoms with van der Waals surface area (Å²) in [6, 6.07) is 9.74. The molecule has 2 aromatic heterocycles. The highest BCUT2D eigenvalue weighted by Crippen LogP contribution is 2.36. The fourth-order valence-corrected chi connectivity index (χ4v) is 6.17. The molecule has 1 aliphatic rings. The van der Waals surface area contributed by atoms with Crippen LogP contribution in [0.15, 0.2) is 24.3 Å². The van der Waals surface area contributed by atoms with Crippen LogP contribution in [0.3, 0.4) is 0 Å². The smallest absolute Gasteiger partial charge is 0.318 e. The van der Waals surface area contributed by atoms with Crippen molar-refractivity contribution in [2.45, 2.75) is 46.2 Å². The summed E-state index contributed by atoms with van der Waals surface area (Å²) < 4.78 is 5.23. The zero-order valence-electron chi connectivity index (χ0n) is 19.9. The molecule has 0 saturated carbocycles. The molecule has 0 saturated heterocycles. The molecule has 0 spiro atoms. The third-order valence-electron chi connectivity index (χ3n) is 5.88. The minimum atomic E-state index is -0.146. The lowest BCUT2D eigenvalue weighted by molar-refractivity contribution is -0.116. The molecular formula is C25H27N5O3S2. The molecule has 8 nitrogen and oxygen atoms in total. The molecule has 3 aromatic rings. The van der Waals surface area contributed by atoms with E-state index in [4.69, 9.17) is 4.74 Å².